The van der Waals surface area contributed by atoms with Gasteiger partial charge in [-0.05, 0) is 45.1 Å². The maximum Gasteiger partial charge on any atom is 0.240 e. The predicted octanol–water partition coefficient (Wildman–Crippen LogP) is 0.797. The van der Waals surface area contributed by atoms with Crippen LogP contribution in [0.1, 0.15) is 45.4 Å². The van der Waals surface area contributed by atoms with E-state index in [1.807, 2.05) is 0 Å². The van der Waals surface area contributed by atoms with Crippen molar-refractivity contribution in [1.82, 2.24) is 10.6 Å². The molecule has 0 spiro atoms. The molecule has 0 saturated carbocycles. The van der Waals surface area contributed by atoms with Crippen molar-refractivity contribution < 1.29 is 9.90 Å². The van der Waals surface area contributed by atoms with Crippen molar-refractivity contribution >= 4 is 5.91 Å². The summed E-state index contributed by atoms with van der Waals surface area (Å²) in [6, 6.07) is 0. The van der Waals surface area contributed by atoms with Crippen molar-refractivity contribution in [2.24, 2.45) is 0 Å². The van der Waals surface area contributed by atoms with Crippen LogP contribution in [0.15, 0.2) is 0 Å². The number of aliphatic hydroxyl groups excluding tert-OH is 1. The van der Waals surface area contributed by atoms with Crippen LogP contribution in [0.5, 0.6) is 0 Å². The Morgan fingerprint density at radius 1 is 1.44 bits per heavy atom. The van der Waals surface area contributed by atoms with Crippen LogP contribution in [0.3, 0.4) is 0 Å². The van der Waals surface area contributed by atoms with E-state index in [2.05, 4.69) is 17.6 Å². The molecule has 0 aliphatic carbocycles. The second kappa shape index (κ2) is 6.86. The Morgan fingerprint density at radius 2 is 2.25 bits per heavy atom. The van der Waals surface area contributed by atoms with E-state index in [1.54, 1.807) is 0 Å². The van der Waals surface area contributed by atoms with Gasteiger partial charge in [-0.2, -0.15) is 0 Å². The number of carbonyl (C=O) groups is 1. The van der Waals surface area contributed by atoms with Gasteiger partial charge < -0.3 is 15.7 Å². The highest BCUT2D eigenvalue weighted by atomic mass is 16.2. The average Bonchev–Trinajstić information content (AvgIpc) is 2.78. The van der Waals surface area contributed by atoms with Gasteiger partial charge in [-0.15, -0.1) is 0 Å². The summed E-state index contributed by atoms with van der Waals surface area (Å²) in [5, 5.41) is 14.9. The second-order valence-electron chi connectivity index (χ2n) is 4.51. The van der Waals surface area contributed by atoms with Gasteiger partial charge in [-0.3, -0.25) is 4.79 Å². The van der Waals surface area contributed by atoms with Gasteiger partial charge in [0.25, 0.3) is 0 Å². The Morgan fingerprint density at radius 3 is 2.81 bits per heavy atom. The Hall–Kier alpha value is -0.610. The fourth-order valence-electron chi connectivity index (χ4n) is 2.25. The molecular formula is C12H24N2O2. The Kier molecular flexibility index (Phi) is 5.77. The summed E-state index contributed by atoms with van der Waals surface area (Å²) < 4.78 is 0. The summed E-state index contributed by atoms with van der Waals surface area (Å²) in [5.74, 6) is 0.150. The number of rotatable bonds is 7. The zero-order chi connectivity index (χ0) is 11.9. The number of carbonyl (C=O) groups excluding carboxylic acids is 1. The van der Waals surface area contributed by atoms with E-state index in [0.717, 1.165) is 51.6 Å². The van der Waals surface area contributed by atoms with Crippen molar-refractivity contribution in [3.05, 3.63) is 0 Å². The molecule has 1 saturated heterocycles. The lowest BCUT2D eigenvalue weighted by molar-refractivity contribution is -0.127. The van der Waals surface area contributed by atoms with E-state index in [0.29, 0.717) is 0 Å². The van der Waals surface area contributed by atoms with Gasteiger partial charge in [0.15, 0.2) is 0 Å². The highest BCUT2D eigenvalue weighted by Crippen LogP contribution is 2.22. The van der Waals surface area contributed by atoms with Crippen LogP contribution < -0.4 is 10.6 Å². The number of hydrogen-bond donors (Lipinski definition) is 3. The standard InChI is InChI=1S/C12H24N2O2/c1-2-12(7-6-9-14-12)11(16)13-8-4-3-5-10-15/h14-15H,2-10H2,1H3,(H,13,16). The van der Waals surface area contributed by atoms with Crippen LogP contribution >= 0.6 is 0 Å². The third kappa shape index (κ3) is 3.46. The minimum absolute atomic E-state index is 0.150. The monoisotopic (exact) mass is 228 g/mol. The van der Waals surface area contributed by atoms with Gasteiger partial charge in [0.2, 0.25) is 5.91 Å². The highest BCUT2D eigenvalue weighted by Gasteiger charge is 2.38. The number of unbranched alkanes of at least 4 members (excludes halogenated alkanes) is 2. The molecule has 1 fully saturated rings. The third-order valence-corrected chi connectivity index (χ3v) is 3.40. The van der Waals surface area contributed by atoms with Crippen LogP contribution in [0.25, 0.3) is 0 Å². The summed E-state index contributed by atoms with van der Waals surface area (Å²) in [6.07, 6.45) is 5.65. The van der Waals surface area contributed by atoms with Crippen LogP contribution in [-0.4, -0.2) is 36.2 Å². The van der Waals surface area contributed by atoms with Gasteiger partial charge in [-0.1, -0.05) is 6.92 Å². The summed E-state index contributed by atoms with van der Waals surface area (Å²) in [4.78, 5) is 12.0. The first-order chi connectivity index (χ1) is 7.75. The molecule has 1 aliphatic heterocycles. The van der Waals surface area contributed by atoms with Crippen molar-refractivity contribution in [2.75, 3.05) is 19.7 Å². The number of hydrogen-bond acceptors (Lipinski definition) is 3. The fraction of sp³-hybridized carbons (Fsp3) is 0.917. The normalized spacial score (nSPS) is 24.6. The zero-order valence-electron chi connectivity index (χ0n) is 10.2. The Labute approximate surface area is 97.8 Å². The van der Waals surface area contributed by atoms with Crippen molar-refractivity contribution in [2.45, 2.75) is 51.0 Å². The van der Waals surface area contributed by atoms with Crippen molar-refractivity contribution in [3.63, 3.8) is 0 Å². The SMILES string of the molecule is CCC1(C(=O)NCCCCCO)CCCN1. The van der Waals surface area contributed by atoms with Crippen molar-refractivity contribution in [1.29, 1.82) is 0 Å². The molecule has 1 amide bonds. The molecule has 1 rings (SSSR count). The molecule has 3 N–H and O–H groups in total. The van der Waals surface area contributed by atoms with Crippen LogP contribution in [0.4, 0.5) is 0 Å². The van der Waals surface area contributed by atoms with Crippen molar-refractivity contribution in [3.8, 4) is 0 Å². The van der Waals surface area contributed by atoms with E-state index in [-0.39, 0.29) is 18.1 Å². The smallest absolute Gasteiger partial charge is 0.240 e. The molecule has 1 unspecified atom stereocenters. The summed E-state index contributed by atoms with van der Waals surface area (Å²) in [7, 11) is 0. The molecule has 0 bridgehead atoms. The quantitative estimate of drug-likeness (QED) is 0.565. The predicted molar refractivity (Wildman–Crippen MR) is 64.2 cm³/mol. The molecule has 1 atom stereocenters. The van der Waals surface area contributed by atoms with Crippen LogP contribution in [0.2, 0.25) is 0 Å². The third-order valence-electron chi connectivity index (χ3n) is 3.40. The molecule has 94 valence electrons. The lowest BCUT2D eigenvalue weighted by Gasteiger charge is -2.26. The highest BCUT2D eigenvalue weighted by molar-refractivity contribution is 5.86. The zero-order valence-corrected chi connectivity index (χ0v) is 10.2. The number of nitrogens with one attached hydrogen (secondary N) is 2. The Bertz CT molecular complexity index is 213. The molecule has 4 nitrogen and oxygen atoms in total. The molecule has 0 radical (unpaired) electrons. The number of aliphatic hydroxyl groups is 1. The first-order valence-electron chi connectivity index (χ1n) is 6.39. The molecule has 1 aliphatic rings. The minimum atomic E-state index is -0.309. The first-order valence-corrected chi connectivity index (χ1v) is 6.39. The fourth-order valence-corrected chi connectivity index (χ4v) is 2.25. The van der Waals surface area contributed by atoms with E-state index < -0.39 is 0 Å². The van der Waals surface area contributed by atoms with Gasteiger partial charge >= 0.3 is 0 Å². The molecule has 4 heteroatoms. The molecule has 0 aromatic rings. The minimum Gasteiger partial charge on any atom is -0.396 e. The second-order valence-corrected chi connectivity index (χ2v) is 4.51. The van der Waals surface area contributed by atoms with Crippen LogP contribution in [-0.2, 0) is 4.79 Å². The summed E-state index contributed by atoms with van der Waals surface area (Å²) >= 11 is 0. The average molecular weight is 228 g/mol. The molecule has 0 aromatic carbocycles. The van der Waals surface area contributed by atoms with Gasteiger partial charge in [0, 0.05) is 13.2 Å². The lowest BCUT2D eigenvalue weighted by atomic mass is 9.93. The maximum absolute atomic E-state index is 12.0. The van der Waals surface area contributed by atoms with Gasteiger partial charge in [-0.25, -0.2) is 0 Å². The maximum atomic E-state index is 12.0. The van der Waals surface area contributed by atoms with Gasteiger partial charge in [0.1, 0.15) is 0 Å². The van der Waals surface area contributed by atoms with E-state index in [9.17, 15) is 4.79 Å². The molecule has 16 heavy (non-hydrogen) atoms. The van der Waals surface area contributed by atoms with Crippen LogP contribution in [0, 0.1) is 0 Å². The van der Waals surface area contributed by atoms with E-state index in [4.69, 9.17) is 5.11 Å². The largest absolute Gasteiger partial charge is 0.396 e. The molecule has 1 heterocycles. The lowest BCUT2D eigenvalue weighted by Crippen LogP contribution is -2.53. The van der Waals surface area contributed by atoms with E-state index in [1.165, 1.54) is 0 Å². The van der Waals surface area contributed by atoms with Gasteiger partial charge in [0.05, 0.1) is 5.54 Å². The molecular weight excluding hydrogens is 204 g/mol. The summed E-state index contributed by atoms with van der Waals surface area (Å²) in [5.41, 5.74) is -0.309. The van der Waals surface area contributed by atoms with E-state index >= 15 is 0 Å². The summed E-state index contributed by atoms with van der Waals surface area (Å²) in [6.45, 7) is 3.98. The number of amides is 1. The molecule has 0 aromatic heterocycles. The first kappa shape index (κ1) is 13.5. The Balaban J connectivity index is 2.22. The topological polar surface area (TPSA) is 61.4 Å².